The van der Waals surface area contributed by atoms with E-state index in [0.29, 0.717) is 16.5 Å². The van der Waals surface area contributed by atoms with Crippen molar-refractivity contribution in [3.63, 3.8) is 0 Å². The molecular weight excluding hydrogens is 337 g/mol. The molecular formula is C17H17Cl2NO3. The summed E-state index contributed by atoms with van der Waals surface area (Å²) >= 11 is 12.3. The molecule has 1 aromatic heterocycles. The zero-order valence-electron chi connectivity index (χ0n) is 12.6. The Morgan fingerprint density at radius 2 is 2.09 bits per heavy atom. The number of aliphatic hydroxyl groups excluding tert-OH is 1. The Bertz CT molecular complexity index is 683. The quantitative estimate of drug-likeness (QED) is 0.912. The van der Waals surface area contributed by atoms with Crippen LogP contribution in [0.1, 0.15) is 18.1 Å². The van der Waals surface area contributed by atoms with Gasteiger partial charge in [-0.3, -0.25) is 4.98 Å². The number of ether oxygens (including phenoxy) is 2. The lowest BCUT2D eigenvalue weighted by molar-refractivity contribution is -0.185. The van der Waals surface area contributed by atoms with Crippen LogP contribution in [-0.2, 0) is 21.7 Å². The largest absolute Gasteiger partial charge is 0.394 e. The third-order valence-electron chi connectivity index (χ3n) is 3.96. The highest BCUT2D eigenvalue weighted by Gasteiger charge is 2.47. The second-order valence-electron chi connectivity index (χ2n) is 5.57. The maximum atomic E-state index is 9.51. The number of nitrogens with zero attached hydrogens (tertiary/aromatic N) is 1. The van der Waals surface area contributed by atoms with Gasteiger partial charge in [0.2, 0.25) is 5.79 Å². The van der Waals surface area contributed by atoms with Gasteiger partial charge in [-0.1, -0.05) is 35.3 Å². The molecule has 1 aromatic carbocycles. The Morgan fingerprint density at radius 1 is 1.26 bits per heavy atom. The van der Waals surface area contributed by atoms with E-state index in [4.69, 9.17) is 32.7 Å². The van der Waals surface area contributed by atoms with Gasteiger partial charge in [0.1, 0.15) is 6.10 Å². The first-order valence-electron chi connectivity index (χ1n) is 7.35. The number of hydrogen-bond acceptors (Lipinski definition) is 4. The zero-order chi connectivity index (χ0) is 16.4. The van der Waals surface area contributed by atoms with Gasteiger partial charge in [0.15, 0.2) is 0 Å². The molecule has 0 bridgehead atoms. The summed E-state index contributed by atoms with van der Waals surface area (Å²) in [5.74, 6) is -1.03. The molecule has 3 rings (SSSR count). The van der Waals surface area contributed by atoms with Crippen molar-refractivity contribution >= 4 is 23.2 Å². The maximum absolute atomic E-state index is 9.51. The monoisotopic (exact) mass is 353 g/mol. The molecule has 1 aliphatic heterocycles. The van der Waals surface area contributed by atoms with Crippen molar-refractivity contribution in [2.45, 2.75) is 31.3 Å². The molecule has 4 nitrogen and oxygen atoms in total. The van der Waals surface area contributed by atoms with Gasteiger partial charge in [-0.05, 0) is 30.7 Å². The number of halogens is 2. The van der Waals surface area contributed by atoms with Crippen molar-refractivity contribution in [2.24, 2.45) is 0 Å². The van der Waals surface area contributed by atoms with E-state index in [2.05, 4.69) is 4.98 Å². The molecule has 0 radical (unpaired) electrons. The second kappa shape index (κ2) is 6.75. The van der Waals surface area contributed by atoms with Crippen LogP contribution in [0.25, 0.3) is 0 Å². The molecule has 3 unspecified atom stereocenters. The van der Waals surface area contributed by atoms with E-state index in [1.54, 1.807) is 24.5 Å². The predicted molar refractivity (Wildman–Crippen MR) is 88.6 cm³/mol. The highest BCUT2D eigenvalue weighted by atomic mass is 35.5. The average Bonchev–Trinajstić information content (AvgIpc) is 2.88. The number of pyridine rings is 1. The highest BCUT2D eigenvalue weighted by Crippen LogP contribution is 2.41. The maximum Gasteiger partial charge on any atom is 0.201 e. The van der Waals surface area contributed by atoms with Crippen LogP contribution in [0.2, 0.25) is 10.0 Å². The lowest BCUT2D eigenvalue weighted by atomic mass is 9.98. The van der Waals surface area contributed by atoms with Crippen LogP contribution in [0.5, 0.6) is 0 Å². The number of aliphatic hydroxyl groups is 1. The molecule has 23 heavy (non-hydrogen) atoms. The fraction of sp³-hybridized carbons (Fsp3) is 0.353. The lowest BCUT2D eigenvalue weighted by Crippen LogP contribution is -2.31. The van der Waals surface area contributed by atoms with Crippen molar-refractivity contribution in [1.29, 1.82) is 0 Å². The first kappa shape index (κ1) is 16.7. The predicted octanol–water partition coefficient (Wildman–Crippen LogP) is 3.58. The van der Waals surface area contributed by atoms with Crippen molar-refractivity contribution in [3.05, 3.63) is 63.9 Å². The number of rotatable bonds is 4. The summed E-state index contributed by atoms with van der Waals surface area (Å²) in [5, 5.41) is 10.6. The Balaban J connectivity index is 2.00. The Hall–Kier alpha value is -1.17. The first-order valence-corrected chi connectivity index (χ1v) is 8.10. The third-order valence-corrected chi connectivity index (χ3v) is 4.55. The minimum atomic E-state index is -1.03. The Morgan fingerprint density at radius 3 is 2.70 bits per heavy atom. The van der Waals surface area contributed by atoms with Gasteiger partial charge < -0.3 is 14.6 Å². The fourth-order valence-corrected chi connectivity index (χ4v) is 3.23. The van der Waals surface area contributed by atoms with E-state index in [-0.39, 0.29) is 12.7 Å². The molecule has 1 fully saturated rings. The average molecular weight is 354 g/mol. The molecule has 0 aliphatic carbocycles. The van der Waals surface area contributed by atoms with Gasteiger partial charge in [-0.2, -0.15) is 0 Å². The topological polar surface area (TPSA) is 51.6 Å². The van der Waals surface area contributed by atoms with Crippen LogP contribution in [-0.4, -0.2) is 28.9 Å². The Kier molecular flexibility index (Phi) is 4.90. The van der Waals surface area contributed by atoms with Crippen LogP contribution in [0.15, 0.2) is 42.7 Å². The lowest BCUT2D eigenvalue weighted by Gasteiger charge is -2.29. The number of hydrogen-bond donors (Lipinski definition) is 1. The van der Waals surface area contributed by atoms with Gasteiger partial charge in [0, 0.05) is 34.4 Å². The summed E-state index contributed by atoms with van der Waals surface area (Å²) < 4.78 is 12.2. The van der Waals surface area contributed by atoms with Gasteiger partial charge in [-0.25, -0.2) is 0 Å². The third kappa shape index (κ3) is 3.37. The zero-order valence-corrected chi connectivity index (χ0v) is 14.1. The summed E-state index contributed by atoms with van der Waals surface area (Å²) in [6.45, 7) is 1.76. The molecule has 0 saturated carbocycles. The summed E-state index contributed by atoms with van der Waals surface area (Å²) in [6.07, 6.45) is 3.15. The first-order chi connectivity index (χ1) is 11.0. The van der Waals surface area contributed by atoms with Gasteiger partial charge >= 0.3 is 0 Å². The van der Waals surface area contributed by atoms with Crippen LogP contribution < -0.4 is 0 Å². The Labute approximate surface area is 145 Å². The molecule has 1 N–H and O–H groups in total. The minimum absolute atomic E-state index is 0.114. The second-order valence-corrected chi connectivity index (χ2v) is 6.41. The van der Waals surface area contributed by atoms with Gasteiger partial charge in [0.25, 0.3) is 0 Å². The summed E-state index contributed by atoms with van der Waals surface area (Å²) in [5.41, 5.74) is 1.64. The van der Waals surface area contributed by atoms with Crippen LogP contribution in [0, 0.1) is 0 Å². The number of benzene rings is 1. The van der Waals surface area contributed by atoms with E-state index in [0.717, 1.165) is 11.1 Å². The summed E-state index contributed by atoms with van der Waals surface area (Å²) in [6, 6.07) is 9.04. The van der Waals surface area contributed by atoms with E-state index < -0.39 is 11.9 Å². The van der Waals surface area contributed by atoms with Crippen molar-refractivity contribution in [1.82, 2.24) is 4.98 Å². The summed E-state index contributed by atoms with van der Waals surface area (Å²) in [7, 11) is 0. The molecule has 1 saturated heterocycles. The van der Waals surface area contributed by atoms with E-state index in [1.807, 2.05) is 25.1 Å². The normalized spacial score (nSPS) is 27.3. The van der Waals surface area contributed by atoms with Gasteiger partial charge in [0.05, 0.1) is 12.7 Å². The number of aromatic nitrogens is 1. The molecule has 1 aliphatic rings. The van der Waals surface area contributed by atoms with Crippen molar-refractivity contribution < 1.29 is 14.6 Å². The molecule has 6 heteroatoms. The molecule has 3 atom stereocenters. The van der Waals surface area contributed by atoms with Crippen LogP contribution >= 0.6 is 23.2 Å². The van der Waals surface area contributed by atoms with Crippen LogP contribution in [0.3, 0.4) is 0 Å². The standard InChI is InChI=1S/C17H17Cl2NO3/c1-11-16(10-21)23-17(22-11,13-3-2-6-20-9-13)8-12-4-5-14(18)7-15(12)19/h2-7,9,11,16,21H,8,10H2,1H3. The van der Waals surface area contributed by atoms with Crippen molar-refractivity contribution in [3.8, 4) is 0 Å². The SMILES string of the molecule is CC1OC(Cc2ccc(Cl)cc2Cl)(c2cccnc2)OC1CO. The highest BCUT2D eigenvalue weighted by molar-refractivity contribution is 6.35. The fourth-order valence-electron chi connectivity index (χ4n) is 2.76. The van der Waals surface area contributed by atoms with E-state index >= 15 is 0 Å². The van der Waals surface area contributed by atoms with E-state index in [1.165, 1.54) is 0 Å². The molecule has 0 amide bonds. The summed E-state index contributed by atoms with van der Waals surface area (Å²) in [4.78, 5) is 4.15. The van der Waals surface area contributed by atoms with Crippen LogP contribution in [0.4, 0.5) is 0 Å². The van der Waals surface area contributed by atoms with E-state index in [9.17, 15) is 5.11 Å². The molecule has 2 heterocycles. The minimum Gasteiger partial charge on any atom is -0.394 e. The molecule has 0 spiro atoms. The molecule has 2 aromatic rings. The smallest absolute Gasteiger partial charge is 0.201 e. The van der Waals surface area contributed by atoms with Gasteiger partial charge in [-0.15, -0.1) is 0 Å². The van der Waals surface area contributed by atoms with Crippen molar-refractivity contribution in [2.75, 3.05) is 6.61 Å². The molecule has 122 valence electrons.